The van der Waals surface area contributed by atoms with Crippen LogP contribution < -0.4 is 0 Å². The molecule has 0 aromatic carbocycles. The van der Waals surface area contributed by atoms with Gasteiger partial charge in [0.25, 0.3) is 3.25 Å². The van der Waals surface area contributed by atoms with E-state index >= 15 is 0 Å². The molecule has 7 nitrogen and oxygen atoms in total. The van der Waals surface area contributed by atoms with Crippen LogP contribution in [0.5, 0.6) is 0 Å². The molecule has 14 heteroatoms. The summed E-state index contributed by atoms with van der Waals surface area (Å²) in [5.41, 5.74) is 2.74. The van der Waals surface area contributed by atoms with Gasteiger partial charge in [-0.15, -0.1) is 0 Å². The molecule has 0 aliphatic heterocycles. The van der Waals surface area contributed by atoms with E-state index in [4.69, 9.17) is 46.4 Å². The van der Waals surface area contributed by atoms with Gasteiger partial charge in [-0.2, -0.15) is 0 Å². The standard InChI is InChI=1S/C8H8BrNO2.C8H9NO2.CCl4.BHNS/c1-12-8(11)7-3-2-6(4-9)5-10-7;1-6-3-4-7(9-5-6)8(10)11-2;2-1(3,4)5;1-2-3/h2-3,5H,4H2,1H3;3-5H,1-2H3;;3H. The monoisotopic (exact) mass is 590 g/mol. The third-order valence-corrected chi connectivity index (χ3v) is 3.33. The van der Waals surface area contributed by atoms with Gasteiger partial charge in [-0.05, 0) is 30.2 Å². The Balaban J connectivity index is 0. The van der Waals surface area contributed by atoms with E-state index in [1.807, 2.05) is 19.1 Å². The normalized spacial score (nSPS) is 9.29. The Morgan fingerprint density at radius 3 is 1.68 bits per heavy atom. The fourth-order valence-electron chi connectivity index (χ4n) is 1.42. The molecule has 0 N–H and O–H groups in total. The van der Waals surface area contributed by atoms with Gasteiger partial charge in [0, 0.05) is 17.7 Å². The molecule has 31 heavy (non-hydrogen) atoms. The first-order valence-electron chi connectivity index (χ1n) is 7.83. The Morgan fingerprint density at radius 1 is 1.03 bits per heavy atom. The molecule has 0 saturated heterocycles. The summed E-state index contributed by atoms with van der Waals surface area (Å²) < 4.78 is 10.1. The Bertz CT molecular complexity index is 791. The summed E-state index contributed by atoms with van der Waals surface area (Å²) in [4.78, 5) is 29.5. The van der Waals surface area contributed by atoms with Gasteiger partial charge >= 0.3 is 36.7 Å². The summed E-state index contributed by atoms with van der Waals surface area (Å²) in [5.74, 6) is -0.805. The van der Waals surface area contributed by atoms with E-state index in [-0.39, 0.29) is 0 Å². The van der Waals surface area contributed by atoms with Crippen molar-refractivity contribution in [2.75, 3.05) is 14.2 Å². The number of ether oxygens (including phenoxy) is 2. The Labute approximate surface area is 215 Å². The van der Waals surface area contributed by atoms with Crippen molar-refractivity contribution in [1.29, 1.82) is 0 Å². The molecule has 0 unspecified atom stereocenters. The number of alkyl halides is 5. The molecular formula is C17H18BBrCl4N3O4S. The molecule has 0 bridgehead atoms. The van der Waals surface area contributed by atoms with E-state index in [2.05, 4.69) is 60.1 Å². The average Bonchev–Trinajstić information content (AvgIpc) is 2.73. The second-order valence-corrected chi connectivity index (χ2v) is 9.15. The fourth-order valence-corrected chi connectivity index (χ4v) is 1.75. The van der Waals surface area contributed by atoms with Crippen molar-refractivity contribution in [2.24, 2.45) is 4.30 Å². The Kier molecular flexibility index (Phi) is 19.4. The van der Waals surface area contributed by atoms with Crippen LogP contribution in [0.2, 0.25) is 0 Å². The maximum atomic E-state index is 10.9. The zero-order chi connectivity index (χ0) is 24.4. The van der Waals surface area contributed by atoms with Gasteiger partial charge in [-0.3, -0.25) is 0 Å². The number of esters is 2. The first kappa shape index (κ1) is 32.3. The number of aromatic nitrogens is 2. The molecular weight excluding hydrogens is 575 g/mol. The van der Waals surface area contributed by atoms with Crippen LogP contribution in [-0.4, -0.2) is 47.0 Å². The van der Waals surface area contributed by atoms with Crippen LogP contribution in [0, 0.1) is 6.92 Å². The van der Waals surface area contributed by atoms with Crippen LogP contribution in [0.3, 0.4) is 0 Å². The molecule has 2 aromatic heterocycles. The number of thiol groups is 1. The van der Waals surface area contributed by atoms with E-state index in [0.29, 0.717) is 11.4 Å². The molecule has 0 saturated carbocycles. The number of carbonyl (C=O) groups excluding carboxylic acids is 2. The molecule has 0 spiro atoms. The van der Waals surface area contributed by atoms with Crippen LogP contribution in [-0.2, 0) is 14.8 Å². The van der Waals surface area contributed by atoms with Crippen molar-refractivity contribution < 1.29 is 19.1 Å². The minimum atomic E-state index is -1.61. The molecule has 2 aromatic rings. The van der Waals surface area contributed by atoms with Gasteiger partial charge in [0.15, 0.2) is 0 Å². The number of halogens is 5. The summed E-state index contributed by atoms with van der Waals surface area (Å²) in [6.45, 7) is 1.91. The van der Waals surface area contributed by atoms with Gasteiger partial charge in [-0.1, -0.05) is 74.5 Å². The third kappa shape index (κ3) is 19.5. The number of nitrogens with zero attached hydrogens (tertiary/aromatic N) is 3. The van der Waals surface area contributed by atoms with Crippen LogP contribution in [0.1, 0.15) is 32.1 Å². The minimum absolute atomic E-state index is 0.335. The number of aryl methyl sites for hydroxylation is 1. The van der Waals surface area contributed by atoms with Crippen molar-refractivity contribution in [2.45, 2.75) is 15.5 Å². The number of hydrogen-bond donors (Lipinski definition) is 1. The first-order valence-corrected chi connectivity index (χ1v) is 10.9. The molecule has 0 amide bonds. The molecule has 2 heterocycles. The Morgan fingerprint density at radius 2 is 1.42 bits per heavy atom. The summed E-state index contributed by atoms with van der Waals surface area (Å²) in [5, 5.41) is 0.738. The van der Waals surface area contributed by atoms with Crippen LogP contribution in [0.15, 0.2) is 41.0 Å². The van der Waals surface area contributed by atoms with Crippen molar-refractivity contribution in [3.63, 3.8) is 0 Å². The summed E-state index contributed by atoms with van der Waals surface area (Å²) in [6, 6.07) is 6.93. The summed E-state index contributed by atoms with van der Waals surface area (Å²) in [6.07, 6.45) is 3.27. The van der Waals surface area contributed by atoms with E-state index in [0.717, 1.165) is 16.5 Å². The van der Waals surface area contributed by atoms with Crippen LogP contribution in [0.4, 0.5) is 0 Å². The second-order valence-electron chi connectivity index (χ2n) is 4.93. The van der Waals surface area contributed by atoms with E-state index in [9.17, 15) is 9.59 Å². The zero-order valence-corrected chi connectivity index (χ0v) is 22.1. The average molecular weight is 593 g/mol. The van der Waals surface area contributed by atoms with Crippen molar-refractivity contribution in [3.05, 3.63) is 59.2 Å². The molecule has 0 fully saturated rings. The quantitative estimate of drug-likeness (QED) is 0.214. The topological polar surface area (TPSA) is 90.7 Å². The van der Waals surface area contributed by atoms with Gasteiger partial charge in [-0.25, -0.2) is 19.6 Å². The van der Waals surface area contributed by atoms with E-state index in [1.165, 1.54) is 14.2 Å². The molecule has 0 atom stereocenters. The van der Waals surface area contributed by atoms with Gasteiger partial charge in [0.05, 0.1) is 14.2 Å². The van der Waals surface area contributed by atoms with E-state index in [1.54, 1.807) is 24.5 Å². The molecule has 0 aliphatic rings. The predicted octanol–water partition coefficient (Wildman–Crippen LogP) is 5.68. The van der Waals surface area contributed by atoms with Crippen molar-refractivity contribution >= 4 is 94.7 Å². The SMILES string of the molecule is COC(=O)c1ccc(C)cn1.COC(=O)c1ccc(CBr)cn1.ClC(Cl)(Cl)Cl.[B]=NS. The number of methoxy groups -OCH3 is 2. The number of carbonyl (C=O) groups is 2. The number of hydrogen-bond acceptors (Lipinski definition) is 8. The summed E-state index contributed by atoms with van der Waals surface area (Å²) >= 11 is 25.8. The van der Waals surface area contributed by atoms with Gasteiger partial charge in [0.2, 0.25) is 0 Å². The molecule has 2 rings (SSSR count). The summed E-state index contributed by atoms with van der Waals surface area (Å²) in [7, 11) is 7.01. The van der Waals surface area contributed by atoms with Crippen LogP contribution in [0.25, 0.3) is 0 Å². The molecule has 169 valence electrons. The number of pyridine rings is 2. The predicted molar refractivity (Wildman–Crippen MR) is 132 cm³/mol. The molecule has 1 radical (unpaired) electrons. The van der Waals surface area contributed by atoms with E-state index < -0.39 is 15.2 Å². The van der Waals surface area contributed by atoms with Crippen LogP contribution >= 0.6 is 75.1 Å². The maximum absolute atomic E-state index is 10.9. The van der Waals surface area contributed by atoms with Gasteiger partial charge < -0.3 is 9.47 Å². The zero-order valence-electron chi connectivity index (χ0n) is 16.6. The van der Waals surface area contributed by atoms with Crippen molar-refractivity contribution in [1.82, 2.24) is 9.97 Å². The third-order valence-electron chi connectivity index (χ3n) is 2.68. The van der Waals surface area contributed by atoms with Gasteiger partial charge in [0.1, 0.15) is 11.4 Å². The Hall–Kier alpha value is -0.905. The molecule has 0 aliphatic carbocycles. The second kappa shape index (κ2) is 18.6. The van der Waals surface area contributed by atoms with Crippen molar-refractivity contribution in [3.8, 4) is 0 Å². The fraction of sp³-hybridized carbons (Fsp3) is 0.294. The first-order chi connectivity index (χ1) is 14.4. The number of rotatable bonds is 3.